The molecule has 3 rings (SSSR count). The number of aromatic nitrogens is 1. The first kappa shape index (κ1) is 96.3. The number of aromatic amines is 1. The van der Waals surface area contributed by atoms with Crippen molar-refractivity contribution in [3.8, 4) is 0 Å². The second-order valence-electron chi connectivity index (χ2n) is 28.0. The van der Waals surface area contributed by atoms with E-state index in [-0.39, 0.29) is 38.6 Å². The number of ether oxygens (including phenoxy) is 2. The Morgan fingerprint density at radius 2 is 1.18 bits per heavy atom. The number of para-hydroxylation sites is 1. The molecule has 1 saturated heterocycles. The molecule has 0 radical (unpaired) electrons. The molecule has 0 saturated carbocycles. The van der Waals surface area contributed by atoms with E-state index in [9.17, 15) is 116 Å². The van der Waals surface area contributed by atoms with Gasteiger partial charge in [-0.1, -0.05) is 71.6 Å². The molecule has 0 spiro atoms. The number of amides is 15. The number of carbonyl (C=O) groups is 20. The Labute approximate surface area is 654 Å². The van der Waals surface area contributed by atoms with Gasteiger partial charge in [-0.15, -0.1) is 0 Å². The Kier molecular flexibility index (Phi) is 40.6. The summed E-state index contributed by atoms with van der Waals surface area (Å²) in [6.45, 7) is 6.56. The highest BCUT2D eigenvalue weighted by Crippen LogP contribution is 2.21. The molecule has 1 aromatic carbocycles. The highest BCUT2D eigenvalue weighted by Gasteiger charge is 2.43. The number of unbranched alkanes of at least 4 members (excludes halogenated alkanes) is 4. The Balaban J connectivity index is 2.25. The lowest BCUT2D eigenvalue weighted by Gasteiger charge is -2.32. The summed E-state index contributed by atoms with van der Waals surface area (Å²) in [6.07, 6.45) is -6.23. The number of rotatable bonds is 35. The minimum atomic E-state index is -2.79. The van der Waals surface area contributed by atoms with Gasteiger partial charge >= 0.3 is 29.8 Å². The van der Waals surface area contributed by atoms with Crippen molar-refractivity contribution in [2.75, 3.05) is 33.8 Å². The van der Waals surface area contributed by atoms with Gasteiger partial charge in [0.25, 0.3) is 0 Å². The van der Waals surface area contributed by atoms with Crippen LogP contribution in [0.15, 0.2) is 30.5 Å². The molecule has 43 nitrogen and oxygen atoms in total. The SMILES string of the molecule is COC(=O)C[C@@H]1NC(=O)[C@H](CCCCN)NC(=O)[C@H](CC(=O)O)NC(=O)[C@H](C)NC(=O)CN(C)C(=O)[C@@H](NC(=O)[C@@H](NC(=O)[C@H](CCC(=O)O)NC(=O)[C@H](Cc2c[nH]c3ccccc23)NC(=O)CCCCCCC(C)C)C(O)C(N)=O)[C@@H](C)OC(=O)[C@H](C(C)C)NC(=O)[C@H](CCC(=O)O)NC(=O)[C@H](CC(N)=O)NC(=O)CNC1=O. The fourth-order valence-electron chi connectivity index (χ4n) is 11.5. The monoisotopic (exact) mass is 1610 g/mol. The smallest absolute Gasteiger partial charge is 0.329 e. The maximum Gasteiger partial charge on any atom is 0.329 e. The summed E-state index contributed by atoms with van der Waals surface area (Å²) in [5, 5.41) is 68.2. The van der Waals surface area contributed by atoms with E-state index >= 15 is 0 Å². The lowest BCUT2D eigenvalue weighted by Crippen LogP contribution is -2.64. The van der Waals surface area contributed by atoms with Crippen LogP contribution in [0.2, 0.25) is 0 Å². The highest BCUT2D eigenvalue weighted by molar-refractivity contribution is 6.02. The molecule has 2 heterocycles. The minimum Gasteiger partial charge on any atom is -0.481 e. The van der Waals surface area contributed by atoms with E-state index in [0.29, 0.717) is 40.1 Å². The van der Waals surface area contributed by atoms with Gasteiger partial charge in [-0.2, -0.15) is 0 Å². The van der Waals surface area contributed by atoms with Crippen molar-refractivity contribution in [2.24, 2.45) is 29.0 Å². The Bertz CT molecular complexity index is 3790. The van der Waals surface area contributed by atoms with E-state index in [1.165, 1.54) is 13.8 Å². The number of esters is 2. The minimum absolute atomic E-state index is 0.0233. The zero-order chi connectivity index (χ0) is 85.8. The number of nitrogens with two attached hydrogens (primary N) is 3. The van der Waals surface area contributed by atoms with Gasteiger partial charge in [-0.3, -0.25) is 91.1 Å². The van der Waals surface area contributed by atoms with Crippen molar-refractivity contribution in [1.29, 1.82) is 0 Å². The maximum absolute atomic E-state index is 14.9. The molecule has 632 valence electrons. The fraction of sp³-hybridized carbons (Fsp3) is 0.606. The summed E-state index contributed by atoms with van der Waals surface area (Å²) in [7, 11) is 1.82. The first-order valence-corrected chi connectivity index (χ1v) is 36.8. The van der Waals surface area contributed by atoms with Crippen LogP contribution in [-0.4, -0.2) is 261 Å². The summed E-state index contributed by atoms with van der Waals surface area (Å²) in [5.41, 5.74) is 17.7. The number of benzene rings is 1. The van der Waals surface area contributed by atoms with Crippen LogP contribution in [0.1, 0.15) is 150 Å². The first-order chi connectivity index (χ1) is 53.6. The Morgan fingerprint density at radius 1 is 0.605 bits per heavy atom. The van der Waals surface area contributed by atoms with Crippen molar-refractivity contribution >= 4 is 129 Å². The van der Waals surface area contributed by atoms with Crippen LogP contribution in [0.25, 0.3) is 10.9 Å². The van der Waals surface area contributed by atoms with Crippen LogP contribution < -0.4 is 81.0 Å². The fourth-order valence-corrected chi connectivity index (χ4v) is 11.5. The quantitative estimate of drug-likeness (QED) is 0.0226. The van der Waals surface area contributed by atoms with Crippen molar-refractivity contribution < 1.29 is 126 Å². The standard InChI is InChI=1S/C71H107N17O26/c1-34(2)17-11-9-10-12-21-49(90)78-44(27-38-31-75-40-19-14-13-18-39(38)40)66(107)81-43(23-25-53(95)96)65(106)87-58(59(100)60(74)101)69(110)86-57-37(6)114-71(112)56(35(3)4)85-64(105)42(22-24-52(93)94)82-67(108)45(28-48(73)89)79-50(91)32-76-62(103)47(30-55(99)113-8)84-63(104)41(20-15-16-26-72)80-68(109)46(29-54(97)98)83-61(102)36(5)77-51(92)33-88(7)70(57)111/h13-14,18-19,31,34-37,41-47,56-59,75,100H,9-12,15-17,20-30,32-33,72H2,1-8H3,(H2,73,89)(H2,74,101)(H,76,103)(H,77,92)(H,78,90)(H,79,91)(H,80,109)(H,81,107)(H,82,108)(H,83,102)(H,84,104)(H,85,105)(H,86,110)(H,87,106)(H,93,94)(H,95,96)(H,97,98)/t36-,37+,41-,42-,43-,44-,45-,46-,47-,56-,57-,58-,59?/m0/s1. The van der Waals surface area contributed by atoms with Gasteiger partial charge in [0.15, 0.2) is 6.10 Å². The number of hydrogen-bond acceptors (Lipinski definition) is 24. The van der Waals surface area contributed by atoms with Crippen LogP contribution >= 0.6 is 0 Å². The maximum atomic E-state index is 14.9. The molecular formula is C71H107N17O26. The average Bonchev–Trinajstić information content (AvgIpc) is 1.11. The summed E-state index contributed by atoms with van der Waals surface area (Å²) < 4.78 is 10.4. The van der Waals surface area contributed by atoms with E-state index in [1.807, 2.05) is 5.32 Å². The number of nitrogens with one attached hydrogen (secondary N) is 13. The number of carbonyl (C=O) groups excluding carboxylic acids is 17. The molecule has 1 aliphatic rings. The van der Waals surface area contributed by atoms with Gasteiger partial charge in [0, 0.05) is 49.8 Å². The second kappa shape index (κ2) is 48.1. The highest BCUT2D eigenvalue weighted by atomic mass is 16.5. The summed E-state index contributed by atoms with van der Waals surface area (Å²) >= 11 is 0. The van der Waals surface area contributed by atoms with Gasteiger partial charge in [0.2, 0.25) is 88.6 Å². The molecule has 2 aromatic rings. The predicted octanol–water partition coefficient (Wildman–Crippen LogP) is -6.15. The molecule has 15 amide bonds. The van der Waals surface area contributed by atoms with Crippen molar-refractivity contribution in [2.45, 2.75) is 229 Å². The topological polar surface area (TPSA) is 682 Å². The number of aliphatic carboxylic acids is 3. The van der Waals surface area contributed by atoms with Gasteiger partial charge in [0.1, 0.15) is 72.6 Å². The summed E-state index contributed by atoms with van der Waals surface area (Å²) in [6, 6.07) is -15.0. The number of aliphatic hydroxyl groups is 1. The molecule has 43 heteroatoms. The molecule has 13 atom stereocenters. The number of likely N-dealkylation sites (N-methyl/N-ethyl adjacent to an activating group) is 1. The third-order valence-electron chi connectivity index (χ3n) is 17.8. The lowest BCUT2D eigenvalue weighted by molar-refractivity contribution is -0.159. The molecule has 1 unspecified atom stereocenters. The summed E-state index contributed by atoms with van der Waals surface area (Å²) in [4.78, 5) is 276. The zero-order valence-corrected chi connectivity index (χ0v) is 64.6. The van der Waals surface area contributed by atoms with E-state index in [2.05, 4.69) is 82.1 Å². The van der Waals surface area contributed by atoms with Gasteiger partial charge in [-0.05, 0) is 82.4 Å². The first-order valence-electron chi connectivity index (χ1n) is 36.8. The van der Waals surface area contributed by atoms with E-state index < -0.39 is 261 Å². The number of primary amides is 2. The molecule has 1 aliphatic heterocycles. The number of hydrogen-bond donors (Lipinski definition) is 20. The van der Waals surface area contributed by atoms with Crippen LogP contribution in [0.5, 0.6) is 0 Å². The molecular weight excluding hydrogens is 1510 g/mol. The molecule has 114 heavy (non-hydrogen) atoms. The normalized spacial score (nSPS) is 21.5. The number of carboxylic acid groups (broad SMARTS) is 3. The molecule has 0 bridgehead atoms. The molecule has 0 aliphatic carbocycles. The Hall–Kier alpha value is -11.9. The number of nitrogens with zero attached hydrogens (tertiary/aromatic N) is 1. The van der Waals surface area contributed by atoms with Crippen LogP contribution in [0.4, 0.5) is 0 Å². The lowest BCUT2D eigenvalue weighted by atomic mass is 10.0. The second-order valence-corrected chi connectivity index (χ2v) is 28.0. The zero-order valence-electron chi connectivity index (χ0n) is 64.6. The van der Waals surface area contributed by atoms with Crippen molar-refractivity contribution in [3.63, 3.8) is 0 Å². The molecule has 23 N–H and O–H groups in total. The number of H-pyrrole nitrogens is 1. The van der Waals surface area contributed by atoms with Crippen LogP contribution in [0.3, 0.4) is 0 Å². The van der Waals surface area contributed by atoms with Gasteiger partial charge < -0.3 is 121 Å². The molecule has 1 aromatic heterocycles. The van der Waals surface area contributed by atoms with Gasteiger partial charge in [0.05, 0.1) is 39.5 Å². The third kappa shape index (κ3) is 33.6. The summed E-state index contributed by atoms with van der Waals surface area (Å²) in [5.74, 6) is -27.7. The van der Waals surface area contributed by atoms with E-state index in [1.54, 1.807) is 30.5 Å². The van der Waals surface area contributed by atoms with Crippen molar-refractivity contribution in [3.05, 3.63) is 36.0 Å². The molecule has 1 fully saturated rings. The van der Waals surface area contributed by atoms with E-state index in [4.69, 9.17) is 21.9 Å². The van der Waals surface area contributed by atoms with Gasteiger partial charge in [-0.25, -0.2) is 4.79 Å². The number of cyclic esters (lactones) is 1. The van der Waals surface area contributed by atoms with E-state index in [0.717, 1.165) is 47.3 Å². The average molecular weight is 1610 g/mol. The van der Waals surface area contributed by atoms with Crippen LogP contribution in [0, 0.1) is 11.8 Å². The van der Waals surface area contributed by atoms with Crippen LogP contribution in [-0.2, 0) is 112 Å². The third-order valence-corrected chi connectivity index (χ3v) is 17.8. The number of aliphatic hydroxyl groups excluding tert-OH is 1. The van der Waals surface area contributed by atoms with Crippen molar-refractivity contribution in [1.82, 2.24) is 73.7 Å². The largest absolute Gasteiger partial charge is 0.481 e. The predicted molar refractivity (Wildman–Crippen MR) is 397 cm³/mol. The number of fused-ring (bicyclic) bond motifs is 1. The number of methoxy groups -OCH3 is 1. The Morgan fingerprint density at radius 3 is 1.78 bits per heavy atom. The number of carboxylic acids is 3.